The molecule has 0 fully saturated rings. The molecule has 4 nitrogen and oxygen atoms in total. The van der Waals surface area contributed by atoms with Crippen LogP contribution in [0.5, 0.6) is 0 Å². The lowest BCUT2D eigenvalue weighted by atomic mass is 10.3. The highest BCUT2D eigenvalue weighted by molar-refractivity contribution is 9.10. The van der Waals surface area contributed by atoms with Gasteiger partial charge in [0.05, 0.1) is 22.3 Å². The molecule has 19 heavy (non-hydrogen) atoms. The monoisotopic (exact) mass is 362 g/mol. The van der Waals surface area contributed by atoms with E-state index in [2.05, 4.69) is 21.2 Å². The van der Waals surface area contributed by atoms with E-state index in [0.29, 0.717) is 21.5 Å². The van der Waals surface area contributed by atoms with E-state index in [1.807, 2.05) is 0 Å². The Hall–Kier alpha value is -1.01. The van der Waals surface area contributed by atoms with Gasteiger partial charge in [0.25, 0.3) is 5.91 Å². The van der Waals surface area contributed by atoms with Crippen molar-refractivity contribution in [1.29, 1.82) is 0 Å². The lowest BCUT2D eigenvalue weighted by Crippen LogP contribution is -2.11. The zero-order valence-electron chi connectivity index (χ0n) is 9.54. The van der Waals surface area contributed by atoms with Crippen molar-refractivity contribution in [2.75, 3.05) is 5.32 Å². The molecule has 0 atom stereocenters. The number of benzene rings is 1. The van der Waals surface area contributed by atoms with Gasteiger partial charge in [-0.05, 0) is 24.3 Å². The van der Waals surface area contributed by atoms with Gasteiger partial charge >= 0.3 is 0 Å². The number of nitrogens with one attached hydrogen (secondary N) is 1. The molecule has 100 valence electrons. The number of hydrogen-bond donors (Lipinski definition) is 2. The summed E-state index contributed by atoms with van der Waals surface area (Å²) in [7, 11) is 0. The minimum Gasteiger partial charge on any atom is -0.455 e. The summed E-state index contributed by atoms with van der Waals surface area (Å²) in [5, 5.41) is 3.26. The lowest BCUT2D eigenvalue weighted by molar-refractivity contribution is 0.0995. The molecule has 3 N–H and O–H groups in total. The van der Waals surface area contributed by atoms with Crippen molar-refractivity contribution in [2.45, 2.75) is 6.54 Å². The van der Waals surface area contributed by atoms with E-state index in [1.165, 1.54) is 6.07 Å². The van der Waals surface area contributed by atoms with Crippen LogP contribution in [0.1, 0.15) is 16.3 Å². The molecule has 0 radical (unpaired) electrons. The predicted molar refractivity (Wildman–Crippen MR) is 78.7 cm³/mol. The third kappa shape index (κ3) is 3.30. The molecule has 0 aliphatic carbocycles. The van der Waals surface area contributed by atoms with E-state index in [0.717, 1.165) is 4.47 Å². The van der Waals surface area contributed by atoms with Crippen molar-refractivity contribution in [3.63, 3.8) is 0 Å². The van der Waals surface area contributed by atoms with Gasteiger partial charge in [0.2, 0.25) is 0 Å². The summed E-state index contributed by atoms with van der Waals surface area (Å²) in [5.41, 5.74) is 5.74. The molecule has 1 aromatic carbocycles. The van der Waals surface area contributed by atoms with Gasteiger partial charge < -0.3 is 15.5 Å². The molecule has 0 saturated carbocycles. The van der Waals surface area contributed by atoms with Crippen molar-refractivity contribution >= 4 is 50.7 Å². The zero-order chi connectivity index (χ0) is 14.0. The van der Waals surface area contributed by atoms with E-state index in [1.54, 1.807) is 18.2 Å². The van der Waals surface area contributed by atoms with Crippen LogP contribution in [0.3, 0.4) is 0 Å². The second-order valence-electron chi connectivity index (χ2n) is 3.67. The van der Waals surface area contributed by atoms with Gasteiger partial charge in [-0.25, -0.2) is 0 Å². The van der Waals surface area contributed by atoms with E-state index in [9.17, 15) is 4.79 Å². The van der Waals surface area contributed by atoms with Crippen LogP contribution in [0.4, 0.5) is 5.69 Å². The number of furan rings is 1. The number of carbonyl (C=O) groups is 1. The van der Waals surface area contributed by atoms with Crippen LogP contribution in [-0.2, 0) is 6.54 Å². The molecule has 2 aromatic rings. The molecule has 2 rings (SSSR count). The Labute approximate surface area is 128 Å². The minimum absolute atomic E-state index is 0.149. The summed E-state index contributed by atoms with van der Waals surface area (Å²) in [5.74, 6) is 0.236. The van der Waals surface area contributed by atoms with Crippen molar-refractivity contribution in [2.24, 2.45) is 5.73 Å². The molecule has 1 heterocycles. The van der Waals surface area contributed by atoms with Crippen molar-refractivity contribution in [3.05, 3.63) is 50.3 Å². The topological polar surface area (TPSA) is 68.3 Å². The number of nitrogens with two attached hydrogens (primary N) is 1. The Morgan fingerprint density at radius 1 is 1.32 bits per heavy atom. The van der Waals surface area contributed by atoms with Crippen LogP contribution >= 0.6 is 39.1 Å². The average Bonchev–Trinajstić information content (AvgIpc) is 2.82. The molecule has 7 heteroatoms. The molecular weight excluding hydrogens is 355 g/mol. The highest BCUT2D eigenvalue weighted by Crippen LogP contribution is 2.34. The van der Waals surface area contributed by atoms with Crippen LogP contribution in [-0.4, -0.2) is 5.91 Å². The minimum atomic E-state index is -0.439. The first-order chi connectivity index (χ1) is 9.01. The van der Waals surface area contributed by atoms with Gasteiger partial charge in [0.1, 0.15) is 5.76 Å². The van der Waals surface area contributed by atoms with Crippen LogP contribution < -0.4 is 11.1 Å². The zero-order valence-corrected chi connectivity index (χ0v) is 12.6. The lowest BCUT2D eigenvalue weighted by Gasteiger charge is -2.08. The molecule has 1 amide bonds. The summed E-state index contributed by atoms with van der Waals surface area (Å²) in [6, 6.07) is 6.45. The molecule has 0 saturated heterocycles. The number of amides is 1. The second-order valence-corrected chi connectivity index (χ2v) is 5.40. The third-order valence-corrected chi connectivity index (χ3v) is 3.39. The SMILES string of the molecule is NCc1ccc(C(=O)Nc2c(Cl)cc(Br)cc2Cl)o1. The van der Waals surface area contributed by atoms with Crippen molar-refractivity contribution in [1.82, 2.24) is 0 Å². The first-order valence-corrected chi connectivity index (χ1v) is 6.81. The normalized spacial score (nSPS) is 10.5. The maximum Gasteiger partial charge on any atom is 0.291 e. The van der Waals surface area contributed by atoms with Crippen LogP contribution in [0, 0.1) is 0 Å². The standard InChI is InChI=1S/C12H9BrCl2N2O2/c13-6-3-8(14)11(9(15)4-6)17-12(18)10-2-1-7(5-16)19-10/h1-4H,5,16H2,(H,17,18). The van der Waals surface area contributed by atoms with Crippen LogP contribution in [0.15, 0.2) is 33.2 Å². The maximum absolute atomic E-state index is 12.0. The van der Waals surface area contributed by atoms with E-state index in [-0.39, 0.29) is 12.3 Å². The molecule has 1 aromatic heterocycles. The van der Waals surface area contributed by atoms with Gasteiger partial charge in [-0.2, -0.15) is 0 Å². The largest absolute Gasteiger partial charge is 0.455 e. The Balaban J connectivity index is 2.24. The Bertz CT molecular complexity index is 605. The Morgan fingerprint density at radius 3 is 2.47 bits per heavy atom. The summed E-state index contributed by atoms with van der Waals surface area (Å²) < 4.78 is 5.96. The fraction of sp³-hybridized carbons (Fsp3) is 0.0833. The number of anilines is 1. The smallest absolute Gasteiger partial charge is 0.291 e. The molecule has 0 aliphatic rings. The number of rotatable bonds is 3. The van der Waals surface area contributed by atoms with E-state index in [4.69, 9.17) is 33.4 Å². The number of halogens is 3. The fourth-order valence-electron chi connectivity index (χ4n) is 1.45. The predicted octanol–water partition coefficient (Wildman–Crippen LogP) is 4.06. The van der Waals surface area contributed by atoms with Crippen LogP contribution in [0.25, 0.3) is 0 Å². The number of carbonyl (C=O) groups excluding carboxylic acids is 1. The summed E-state index contributed by atoms with van der Waals surface area (Å²) in [6.45, 7) is 0.229. The fourth-order valence-corrected chi connectivity index (χ4v) is 2.75. The van der Waals surface area contributed by atoms with Gasteiger partial charge in [-0.1, -0.05) is 39.1 Å². The van der Waals surface area contributed by atoms with Crippen molar-refractivity contribution < 1.29 is 9.21 Å². The van der Waals surface area contributed by atoms with E-state index >= 15 is 0 Å². The highest BCUT2D eigenvalue weighted by atomic mass is 79.9. The molecule has 0 spiro atoms. The van der Waals surface area contributed by atoms with Gasteiger partial charge in [0, 0.05) is 4.47 Å². The average molecular weight is 364 g/mol. The third-order valence-electron chi connectivity index (χ3n) is 2.33. The van der Waals surface area contributed by atoms with Gasteiger partial charge in [0.15, 0.2) is 5.76 Å². The molecule has 0 aliphatic heterocycles. The molecular formula is C12H9BrCl2N2O2. The highest BCUT2D eigenvalue weighted by Gasteiger charge is 2.15. The first kappa shape index (κ1) is 14.4. The van der Waals surface area contributed by atoms with E-state index < -0.39 is 5.91 Å². The van der Waals surface area contributed by atoms with Gasteiger partial charge in [-0.15, -0.1) is 0 Å². The maximum atomic E-state index is 12.0. The first-order valence-electron chi connectivity index (χ1n) is 5.26. The summed E-state index contributed by atoms with van der Waals surface area (Å²) in [4.78, 5) is 12.0. The Morgan fingerprint density at radius 2 is 1.95 bits per heavy atom. The van der Waals surface area contributed by atoms with Crippen molar-refractivity contribution in [3.8, 4) is 0 Å². The summed E-state index contributed by atoms with van der Waals surface area (Å²) >= 11 is 15.3. The second kappa shape index (κ2) is 5.96. The molecule has 0 unspecified atom stereocenters. The number of hydrogen-bond acceptors (Lipinski definition) is 3. The Kier molecular flexibility index (Phi) is 4.52. The molecule has 0 bridgehead atoms. The van der Waals surface area contributed by atoms with Crippen LogP contribution in [0.2, 0.25) is 10.0 Å². The summed E-state index contributed by atoms with van der Waals surface area (Å²) in [6.07, 6.45) is 0. The van der Waals surface area contributed by atoms with Gasteiger partial charge in [-0.3, -0.25) is 4.79 Å². The quantitative estimate of drug-likeness (QED) is 0.863.